The summed E-state index contributed by atoms with van der Waals surface area (Å²) in [6.45, 7) is 1.24. The number of fused-ring (bicyclic) bond motifs is 1. The molecule has 2 heterocycles. The number of nitrogens with zero attached hydrogens (tertiary/aromatic N) is 2. The molecule has 162 valence electrons. The van der Waals surface area contributed by atoms with Crippen LogP contribution in [0.5, 0.6) is 11.6 Å². The zero-order chi connectivity index (χ0) is 22.8. The van der Waals surface area contributed by atoms with Gasteiger partial charge in [-0.3, -0.25) is 19.7 Å². The predicted octanol–water partition coefficient (Wildman–Crippen LogP) is 4.93. The Morgan fingerprint density at radius 2 is 1.81 bits per heavy atom. The summed E-state index contributed by atoms with van der Waals surface area (Å²) in [7, 11) is 0. The van der Waals surface area contributed by atoms with Gasteiger partial charge in [-0.15, -0.1) is 16.4 Å². The van der Waals surface area contributed by atoms with Crippen molar-refractivity contribution in [3.05, 3.63) is 69.4 Å². The van der Waals surface area contributed by atoms with Crippen molar-refractivity contribution in [2.75, 3.05) is 5.73 Å². The molecule has 0 fully saturated rings. The van der Waals surface area contributed by atoms with E-state index in [4.69, 9.17) is 10.5 Å². The Morgan fingerprint density at radius 1 is 1.12 bits per heavy atom. The maximum atomic E-state index is 13.3. The molecule has 2 aromatic heterocycles. The van der Waals surface area contributed by atoms with Gasteiger partial charge in [0, 0.05) is 11.4 Å². The van der Waals surface area contributed by atoms with E-state index in [1.807, 2.05) is 6.07 Å². The number of carbonyl (C=O) groups excluding carboxylic acids is 2. The molecule has 2 amide bonds. The van der Waals surface area contributed by atoms with Crippen LogP contribution in [0.1, 0.15) is 6.92 Å². The van der Waals surface area contributed by atoms with Gasteiger partial charge in [0.1, 0.15) is 10.8 Å². The largest absolute Gasteiger partial charge is 0.437 e. The summed E-state index contributed by atoms with van der Waals surface area (Å²) < 4.78 is 8.51. The van der Waals surface area contributed by atoms with Crippen molar-refractivity contribution in [1.82, 2.24) is 15.1 Å². The van der Waals surface area contributed by atoms with Crippen LogP contribution in [0.3, 0.4) is 0 Å². The molecule has 0 bridgehead atoms. The van der Waals surface area contributed by atoms with Gasteiger partial charge in [-0.25, -0.2) is 0 Å². The Bertz CT molecular complexity index is 1390. The van der Waals surface area contributed by atoms with Crippen LogP contribution in [-0.2, 0) is 4.79 Å². The molecule has 4 aromatic rings. The lowest BCUT2D eigenvalue weighted by Gasteiger charge is -2.11. The van der Waals surface area contributed by atoms with Crippen LogP contribution < -0.4 is 21.3 Å². The van der Waals surface area contributed by atoms with Gasteiger partial charge in [-0.2, -0.15) is 4.68 Å². The van der Waals surface area contributed by atoms with Gasteiger partial charge >= 0.3 is 0 Å². The number of nitrogen functional groups attached to an aromatic ring is 1. The molecule has 2 aromatic carbocycles. The Morgan fingerprint density at radius 3 is 2.47 bits per heavy atom. The molecule has 0 aliphatic rings. The second-order valence-corrected chi connectivity index (χ2v) is 9.70. The van der Waals surface area contributed by atoms with E-state index in [9.17, 15) is 14.4 Å². The molecule has 4 rings (SSSR count). The number of ether oxygens (including phenoxy) is 1. The lowest BCUT2D eigenvalue weighted by molar-refractivity contribution is -0.117. The summed E-state index contributed by atoms with van der Waals surface area (Å²) in [5.41, 5.74) is 6.28. The lowest BCUT2D eigenvalue weighted by Crippen LogP contribution is -2.23. The van der Waals surface area contributed by atoms with Crippen molar-refractivity contribution < 1.29 is 14.3 Å². The highest BCUT2D eigenvalue weighted by molar-refractivity contribution is 9.10. The Balaban J connectivity index is 1.92. The number of nitrogens with two attached hydrogens (primary N) is 1. The zero-order valence-corrected chi connectivity index (χ0v) is 19.7. The number of rotatable bonds is 4. The Kier molecular flexibility index (Phi) is 6.31. The van der Waals surface area contributed by atoms with Crippen LogP contribution in [0, 0.1) is 0 Å². The minimum Gasteiger partial charge on any atom is -0.437 e. The first-order valence-corrected chi connectivity index (χ1v) is 11.6. The van der Waals surface area contributed by atoms with Crippen LogP contribution in [-0.4, -0.2) is 20.9 Å². The molecule has 0 unspecified atom stereocenters. The highest BCUT2D eigenvalue weighted by Gasteiger charge is 2.24. The van der Waals surface area contributed by atoms with E-state index in [0.717, 1.165) is 27.6 Å². The van der Waals surface area contributed by atoms with E-state index in [0.29, 0.717) is 21.0 Å². The summed E-state index contributed by atoms with van der Waals surface area (Å²) in [6.07, 6.45) is 0. The number of anilines is 1. The third-order valence-corrected chi connectivity index (χ3v) is 6.73. The van der Waals surface area contributed by atoms with Crippen LogP contribution in [0.15, 0.2) is 68.1 Å². The summed E-state index contributed by atoms with van der Waals surface area (Å²) in [6, 6.07) is 16.0. The maximum absolute atomic E-state index is 13.3. The topological polar surface area (TPSA) is 116 Å². The Hall–Kier alpha value is -3.15. The third kappa shape index (κ3) is 4.54. The molecular formula is C21H15BrN4O4S2. The monoisotopic (exact) mass is 530 g/mol. The molecule has 32 heavy (non-hydrogen) atoms. The number of aromatic nitrogens is 2. The van der Waals surface area contributed by atoms with Crippen molar-refractivity contribution >= 4 is 65.9 Å². The second-order valence-electron chi connectivity index (χ2n) is 6.49. The number of hydrogen-bond acceptors (Lipinski definition) is 8. The normalized spacial score (nSPS) is 10.8. The van der Waals surface area contributed by atoms with E-state index >= 15 is 0 Å². The first-order chi connectivity index (χ1) is 15.3. The number of thiophene rings is 1. The average Bonchev–Trinajstić information content (AvgIpc) is 3.08. The number of halogens is 1. The summed E-state index contributed by atoms with van der Waals surface area (Å²) >= 11 is 5.19. The van der Waals surface area contributed by atoms with Crippen LogP contribution >= 0.6 is 39.0 Å². The first kappa shape index (κ1) is 22.1. The summed E-state index contributed by atoms with van der Waals surface area (Å²) in [4.78, 5) is 36.7. The molecule has 0 saturated carbocycles. The molecule has 3 N–H and O–H groups in total. The smallest absolute Gasteiger partial charge is 0.291 e. The van der Waals surface area contributed by atoms with E-state index in [1.54, 1.807) is 48.5 Å². The van der Waals surface area contributed by atoms with E-state index in [2.05, 4.69) is 26.3 Å². The fourth-order valence-corrected chi connectivity index (χ4v) is 5.25. The summed E-state index contributed by atoms with van der Waals surface area (Å²) in [5.74, 6) is 0.0956. The number of para-hydroxylation sites is 1. The highest BCUT2D eigenvalue weighted by atomic mass is 79.9. The van der Waals surface area contributed by atoms with Crippen LogP contribution in [0.25, 0.3) is 16.5 Å². The van der Waals surface area contributed by atoms with E-state index in [1.165, 1.54) is 11.6 Å². The molecule has 0 aliphatic heterocycles. The fraction of sp³-hybridized carbons (Fsp3) is 0.0476. The van der Waals surface area contributed by atoms with Gasteiger partial charge in [0.2, 0.25) is 11.8 Å². The molecular weight excluding hydrogens is 516 g/mol. The zero-order valence-electron chi connectivity index (χ0n) is 16.5. The van der Waals surface area contributed by atoms with Crippen LogP contribution in [0.2, 0.25) is 0 Å². The SMILES string of the molecule is CC(=O)NC(=O)Sc1sc(N)c2c(=O)n(-c3ccccc3)nc(Oc3ccc(Br)cc3)c12. The maximum Gasteiger partial charge on any atom is 0.291 e. The summed E-state index contributed by atoms with van der Waals surface area (Å²) in [5, 5.41) is 6.77. The second kappa shape index (κ2) is 9.15. The molecule has 0 spiro atoms. The number of nitrogens with one attached hydrogen (secondary N) is 1. The number of benzene rings is 2. The van der Waals surface area contributed by atoms with Gasteiger partial charge in [0.25, 0.3) is 10.8 Å². The van der Waals surface area contributed by atoms with E-state index < -0.39 is 16.7 Å². The van der Waals surface area contributed by atoms with Crippen molar-refractivity contribution in [2.24, 2.45) is 0 Å². The van der Waals surface area contributed by atoms with Gasteiger partial charge in [0.15, 0.2) is 0 Å². The first-order valence-electron chi connectivity index (χ1n) is 9.17. The van der Waals surface area contributed by atoms with Gasteiger partial charge in [0.05, 0.1) is 20.7 Å². The minimum atomic E-state index is -0.595. The standard InChI is InChI=1S/C21H15BrN4O4S2/c1-11(27)24-21(29)32-20-16-15(17(23)31-20)19(28)26(13-5-3-2-4-6-13)25-18(16)30-14-9-7-12(22)8-10-14/h2-10H,23H2,1H3,(H,24,27,29). The number of carbonyl (C=O) groups is 2. The van der Waals surface area contributed by atoms with Crippen molar-refractivity contribution in [1.29, 1.82) is 0 Å². The third-order valence-electron chi connectivity index (χ3n) is 4.21. The number of amides is 2. The lowest BCUT2D eigenvalue weighted by atomic mass is 10.2. The molecule has 11 heteroatoms. The van der Waals surface area contributed by atoms with Gasteiger partial charge in [-0.1, -0.05) is 34.1 Å². The van der Waals surface area contributed by atoms with Crippen molar-refractivity contribution in [3.63, 3.8) is 0 Å². The fourth-order valence-electron chi connectivity index (χ4n) is 2.88. The van der Waals surface area contributed by atoms with Crippen molar-refractivity contribution in [2.45, 2.75) is 11.1 Å². The number of thioether (sulfide) groups is 1. The molecule has 8 nitrogen and oxygen atoms in total. The van der Waals surface area contributed by atoms with Gasteiger partial charge in [-0.05, 0) is 48.2 Å². The van der Waals surface area contributed by atoms with Gasteiger partial charge < -0.3 is 10.5 Å². The minimum absolute atomic E-state index is 0.108. The van der Waals surface area contributed by atoms with Crippen LogP contribution in [0.4, 0.5) is 9.80 Å². The quantitative estimate of drug-likeness (QED) is 0.359. The van der Waals surface area contributed by atoms with E-state index in [-0.39, 0.29) is 16.3 Å². The number of hydrogen-bond donors (Lipinski definition) is 2. The predicted molar refractivity (Wildman–Crippen MR) is 129 cm³/mol. The van der Waals surface area contributed by atoms with Crippen molar-refractivity contribution in [3.8, 4) is 17.3 Å². The molecule has 0 radical (unpaired) electrons. The molecule has 0 saturated heterocycles. The average molecular weight is 531 g/mol. The molecule has 0 aliphatic carbocycles. The Labute approximate surface area is 198 Å². The molecule has 0 atom stereocenters. The number of imide groups is 1. The highest BCUT2D eigenvalue weighted by Crippen LogP contribution is 2.43.